The third-order valence-electron chi connectivity index (χ3n) is 2.72. The number of hydrogen-bond acceptors (Lipinski definition) is 6. The molecule has 0 aliphatic rings. The van der Waals surface area contributed by atoms with Crippen molar-refractivity contribution in [2.24, 2.45) is 0 Å². The third-order valence-corrected chi connectivity index (χ3v) is 2.72. The maximum absolute atomic E-state index is 11.9. The number of nitro benzene ring substituents is 1. The molecule has 0 aliphatic carbocycles. The van der Waals surface area contributed by atoms with Gasteiger partial charge in [-0.15, -0.1) is 0 Å². The molecule has 7 heteroatoms. The molecule has 0 aromatic heterocycles. The molecule has 7 nitrogen and oxygen atoms in total. The Bertz CT molecular complexity index is 658. The number of nitrogens with zero attached hydrogens (tertiary/aromatic N) is 2. The van der Waals surface area contributed by atoms with Crippen molar-refractivity contribution in [2.75, 3.05) is 6.61 Å². The molecule has 0 radical (unpaired) electrons. The standard InChI is InChI=1S/C15H14N2O5/c1-2-14(18)12(15(19)22-9-5-8-16)10-11-6-3-4-7-13(11)17(20)21/h3-4,6-7,10H,2,5,9H2,1H3. The van der Waals surface area contributed by atoms with Gasteiger partial charge in [0.2, 0.25) is 0 Å². The normalized spacial score (nSPS) is 10.6. The molecule has 22 heavy (non-hydrogen) atoms. The van der Waals surface area contributed by atoms with Crippen LogP contribution in [-0.4, -0.2) is 23.3 Å². The molecule has 0 fully saturated rings. The lowest BCUT2D eigenvalue weighted by atomic mass is 10.0. The average Bonchev–Trinajstić information content (AvgIpc) is 2.52. The quantitative estimate of drug-likeness (QED) is 0.145. The molecule has 0 saturated heterocycles. The van der Waals surface area contributed by atoms with Crippen LogP contribution in [0.15, 0.2) is 29.8 Å². The maximum Gasteiger partial charge on any atom is 0.341 e. The van der Waals surface area contributed by atoms with Gasteiger partial charge in [-0.25, -0.2) is 4.79 Å². The van der Waals surface area contributed by atoms with Crippen LogP contribution in [0, 0.1) is 21.4 Å². The number of nitriles is 1. The average molecular weight is 302 g/mol. The summed E-state index contributed by atoms with van der Waals surface area (Å²) >= 11 is 0. The van der Waals surface area contributed by atoms with Gasteiger partial charge < -0.3 is 4.74 Å². The highest BCUT2D eigenvalue weighted by molar-refractivity contribution is 6.20. The molecule has 1 rings (SSSR count). The number of Topliss-reactive ketones (excluding diaryl/α,β-unsaturated/α-hetero) is 1. The number of rotatable bonds is 7. The van der Waals surface area contributed by atoms with Gasteiger partial charge >= 0.3 is 5.97 Å². The summed E-state index contributed by atoms with van der Waals surface area (Å²) < 4.78 is 4.82. The van der Waals surface area contributed by atoms with E-state index >= 15 is 0 Å². The molecule has 0 N–H and O–H groups in total. The fraction of sp³-hybridized carbons (Fsp3) is 0.267. The summed E-state index contributed by atoms with van der Waals surface area (Å²) in [4.78, 5) is 34.1. The Morgan fingerprint density at radius 1 is 1.41 bits per heavy atom. The number of nitro groups is 1. The second kappa shape index (κ2) is 8.32. The van der Waals surface area contributed by atoms with Crippen molar-refractivity contribution in [3.8, 4) is 6.07 Å². The lowest BCUT2D eigenvalue weighted by Crippen LogP contribution is -2.16. The van der Waals surface area contributed by atoms with Gasteiger partial charge in [-0.05, 0) is 12.1 Å². The molecular formula is C15H14N2O5. The van der Waals surface area contributed by atoms with E-state index in [0.29, 0.717) is 0 Å². The van der Waals surface area contributed by atoms with Crippen LogP contribution in [0.3, 0.4) is 0 Å². The van der Waals surface area contributed by atoms with Crippen molar-refractivity contribution in [2.45, 2.75) is 19.8 Å². The number of carbonyl (C=O) groups is 2. The van der Waals surface area contributed by atoms with Crippen molar-refractivity contribution in [1.82, 2.24) is 0 Å². The molecule has 0 atom stereocenters. The van der Waals surface area contributed by atoms with Gasteiger partial charge in [-0.2, -0.15) is 5.26 Å². The minimum atomic E-state index is -0.889. The first kappa shape index (κ1) is 17.0. The Hall–Kier alpha value is -3.01. The monoisotopic (exact) mass is 302 g/mol. The van der Waals surface area contributed by atoms with Gasteiger partial charge in [-0.3, -0.25) is 14.9 Å². The van der Waals surface area contributed by atoms with E-state index in [1.807, 2.05) is 6.07 Å². The molecular weight excluding hydrogens is 288 g/mol. The number of esters is 1. The van der Waals surface area contributed by atoms with E-state index in [9.17, 15) is 19.7 Å². The molecule has 0 saturated carbocycles. The Labute approximate surface area is 127 Å². The Kier molecular flexibility index (Phi) is 6.44. The predicted molar refractivity (Wildman–Crippen MR) is 77.6 cm³/mol. The van der Waals surface area contributed by atoms with Crippen LogP contribution in [0.5, 0.6) is 0 Å². The van der Waals surface area contributed by atoms with E-state index in [4.69, 9.17) is 10.00 Å². The highest BCUT2D eigenvalue weighted by Gasteiger charge is 2.20. The first-order chi connectivity index (χ1) is 10.5. The topological polar surface area (TPSA) is 110 Å². The van der Waals surface area contributed by atoms with E-state index < -0.39 is 16.7 Å². The number of para-hydroxylation sites is 1. The minimum absolute atomic E-state index is 0.00478. The number of benzene rings is 1. The Balaban J connectivity index is 3.17. The van der Waals surface area contributed by atoms with E-state index in [-0.39, 0.29) is 36.3 Å². The zero-order chi connectivity index (χ0) is 16.5. The minimum Gasteiger partial charge on any atom is -0.461 e. The Morgan fingerprint density at radius 2 is 2.09 bits per heavy atom. The summed E-state index contributed by atoms with van der Waals surface area (Å²) in [7, 11) is 0. The summed E-state index contributed by atoms with van der Waals surface area (Å²) in [6.45, 7) is 1.43. The van der Waals surface area contributed by atoms with Crippen molar-refractivity contribution in [3.05, 3.63) is 45.5 Å². The molecule has 0 amide bonds. The predicted octanol–water partition coefficient (Wildman–Crippen LogP) is 2.41. The van der Waals surface area contributed by atoms with E-state index in [1.54, 1.807) is 13.0 Å². The van der Waals surface area contributed by atoms with Crippen molar-refractivity contribution < 1.29 is 19.2 Å². The number of ketones is 1. The molecule has 114 valence electrons. The van der Waals surface area contributed by atoms with Gasteiger partial charge in [0.05, 0.1) is 23.0 Å². The molecule has 1 aromatic rings. The summed E-state index contributed by atoms with van der Waals surface area (Å²) in [5.41, 5.74) is -0.343. The highest BCUT2D eigenvalue weighted by Crippen LogP contribution is 2.21. The second-order valence-corrected chi connectivity index (χ2v) is 4.19. The van der Waals surface area contributed by atoms with Crippen LogP contribution in [0.1, 0.15) is 25.3 Å². The van der Waals surface area contributed by atoms with Crippen LogP contribution in [-0.2, 0) is 14.3 Å². The molecule has 1 aromatic carbocycles. The van der Waals surface area contributed by atoms with Crippen molar-refractivity contribution in [3.63, 3.8) is 0 Å². The fourth-order valence-corrected chi connectivity index (χ4v) is 1.64. The van der Waals surface area contributed by atoms with Crippen molar-refractivity contribution >= 4 is 23.5 Å². The van der Waals surface area contributed by atoms with Crippen LogP contribution in [0.25, 0.3) is 6.08 Å². The van der Waals surface area contributed by atoms with E-state index in [0.717, 1.165) is 6.08 Å². The number of ether oxygens (including phenoxy) is 1. The lowest BCUT2D eigenvalue weighted by molar-refractivity contribution is -0.385. The fourth-order valence-electron chi connectivity index (χ4n) is 1.64. The molecule has 0 aliphatic heterocycles. The molecule has 0 spiro atoms. The third kappa shape index (κ3) is 4.52. The van der Waals surface area contributed by atoms with Gasteiger partial charge in [0.1, 0.15) is 12.2 Å². The van der Waals surface area contributed by atoms with Crippen LogP contribution in [0.2, 0.25) is 0 Å². The van der Waals surface area contributed by atoms with Crippen LogP contribution >= 0.6 is 0 Å². The second-order valence-electron chi connectivity index (χ2n) is 4.19. The SMILES string of the molecule is CCC(=O)C(=Cc1ccccc1[N+](=O)[O-])C(=O)OCCC#N. The summed E-state index contributed by atoms with van der Waals surface area (Å²) in [5, 5.41) is 19.4. The highest BCUT2D eigenvalue weighted by atomic mass is 16.6. The number of carbonyl (C=O) groups excluding carboxylic acids is 2. The number of hydrogen-bond donors (Lipinski definition) is 0. The first-order valence-corrected chi connectivity index (χ1v) is 6.53. The van der Waals surface area contributed by atoms with Gasteiger partial charge in [-0.1, -0.05) is 19.1 Å². The summed E-state index contributed by atoms with van der Waals surface area (Å²) in [5.74, 6) is -1.37. The van der Waals surface area contributed by atoms with Gasteiger partial charge in [0.15, 0.2) is 5.78 Å². The summed E-state index contributed by atoms with van der Waals surface area (Å²) in [6.07, 6.45) is 1.21. The Morgan fingerprint density at radius 3 is 2.68 bits per heavy atom. The first-order valence-electron chi connectivity index (χ1n) is 6.53. The van der Waals surface area contributed by atoms with Gasteiger partial charge in [0.25, 0.3) is 5.69 Å². The zero-order valence-electron chi connectivity index (χ0n) is 11.9. The molecule has 0 heterocycles. The maximum atomic E-state index is 11.9. The van der Waals surface area contributed by atoms with Crippen molar-refractivity contribution in [1.29, 1.82) is 5.26 Å². The zero-order valence-corrected chi connectivity index (χ0v) is 11.9. The van der Waals surface area contributed by atoms with Crippen LogP contribution in [0.4, 0.5) is 5.69 Å². The van der Waals surface area contributed by atoms with E-state index in [2.05, 4.69) is 0 Å². The molecule has 0 bridgehead atoms. The largest absolute Gasteiger partial charge is 0.461 e. The molecule has 0 unspecified atom stereocenters. The summed E-state index contributed by atoms with van der Waals surface area (Å²) in [6, 6.07) is 7.57. The van der Waals surface area contributed by atoms with Crippen LogP contribution < -0.4 is 0 Å². The lowest BCUT2D eigenvalue weighted by Gasteiger charge is -2.06. The smallest absolute Gasteiger partial charge is 0.341 e. The van der Waals surface area contributed by atoms with Gasteiger partial charge in [0, 0.05) is 12.5 Å². The van der Waals surface area contributed by atoms with E-state index in [1.165, 1.54) is 18.2 Å².